The van der Waals surface area contributed by atoms with Crippen LogP contribution in [0.3, 0.4) is 0 Å². The van der Waals surface area contributed by atoms with Crippen LogP contribution in [0.4, 0.5) is 34.1 Å². The van der Waals surface area contributed by atoms with Crippen LogP contribution in [0.2, 0.25) is 0 Å². The average Bonchev–Trinajstić information content (AvgIpc) is 3.41. The van der Waals surface area contributed by atoms with Crippen LogP contribution in [0.15, 0.2) is 273 Å². The summed E-state index contributed by atoms with van der Waals surface area (Å²) in [5.41, 5.74) is 9.18. The van der Waals surface area contributed by atoms with Gasteiger partial charge < -0.3 is 9.80 Å². The Labute approximate surface area is 437 Å². The van der Waals surface area contributed by atoms with Crippen molar-refractivity contribution in [2.75, 3.05) is 9.80 Å². The summed E-state index contributed by atoms with van der Waals surface area (Å²) in [4.78, 5) is 30.4. The minimum Gasteiger partial charge on any atom is -0.310 e. The van der Waals surface area contributed by atoms with E-state index in [1.165, 1.54) is 11.1 Å². The SMILES string of the molecule is O=c1c2ccc(Br)cc2sc2cc(Br)ccc12.O=c1c2ccc(N(c3ccccc3)c3ccccc3)cc2sc2cc(N(c3ccccc3)c3ccccc3)ccc12.c1ccc(Cc2ccccc2)cc1. The molecule has 8 heteroatoms. The fraction of sp³-hybridized carbons (Fsp3) is 0.0159. The summed E-state index contributed by atoms with van der Waals surface area (Å²) in [6.07, 6.45) is 1.03. The molecule has 0 atom stereocenters. The number of nitrogens with zero attached hydrogens (tertiary/aromatic N) is 2. The third kappa shape index (κ3) is 11.0. The summed E-state index contributed by atoms with van der Waals surface area (Å²) in [6.45, 7) is 0. The highest BCUT2D eigenvalue weighted by Gasteiger charge is 2.17. The molecule has 4 nitrogen and oxygen atoms in total. The zero-order valence-electron chi connectivity index (χ0n) is 38.2. The summed E-state index contributed by atoms with van der Waals surface area (Å²) in [5, 5.41) is 3.05. The third-order valence-electron chi connectivity index (χ3n) is 11.9. The maximum atomic E-state index is 13.7. The Kier molecular flexibility index (Phi) is 14.7. The second-order valence-electron chi connectivity index (χ2n) is 16.7. The van der Waals surface area contributed by atoms with Crippen LogP contribution in [0.5, 0.6) is 0 Å². The van der Waals surface area contributed by atoms with Gasteiger partial charge in [0.05, 0.1) is 0 Å². The first-order valence-corrected chi connectivity index (χ1v) is 26.3. The van der Waals surface area contributed by atoms with Gasteiger partial charge in [0.15, 0.2) is 10.9 Å². The molecule has 12 rings (SSSR count). The van der Waals surface area contributed by atoms with Crippen molar-refractivity contribution in [3.63, 3.8) is 0 Å². The molecule has 2 heterocycles. The molecule has 0 saturated heterocycles. The van der Waals surface area contributed by atoms with E-state index in [4.69, 9.17) is 0 Å². The first-order chi connectivity index (χ1) is 34.9. The molecule has 0 aliphatic carbocycles. The molecule has 0 fully saturated rings. The van der Waals surface area contributed by atoms with E-state index < -0.39 is 0 Å². The van der Waals surface area contributed by atoms with Gasteiger partial charge in [-0.2, -0.15) is 0 Å². The maximum Gasteiger partial charge on any atom is 0.195 e. The van der Waals surface area contributed by atoms with E-state index in [1.807, 2.05) is 133 Å². The van der Waals surface area contributed by atoms with Gasteiger partial charge in [0.2, 0.25) is 0 Å². The number of rotatable bonds is 8. The lowest BCUT2D eigenvalue weighted by atomic mass is 10.1. The predicted molar refractivity (Wildman–Crippen MR) is 312 cm³/mol. The minimum atomic E-state index is 0.0591. The van der Waals surface area contributed by atoms with Gasteiger partial charge in [0.25, 0.3) is 0 Å². The summed E-state index contributed by atoms with van der Waals surface area (Å²) in [6, 6.07) is 86.2. The zero-order valence-corrected chi connectivity index (χ0v) is 43.0. The van der Waals surface area contributed by atoms with Crippen LogP contribution in [0.25, 0.3) is 40.3 Å². The second-order valence-corrected chi connectivity index (χ2v) is 20.7. The number of para-hydroxylation sites is 4. The van der Waals surface area contributed by atoms with Crippen molar-refractivity contribution in [2.24, 2.45) is 0 Å². The Morgan fingerprint density at radius 1 is 0.296 bits per heavy atom. The predicted octanol–water partition coefficient (Wildman–Crippen LogP) is 18.6. The molecule has 0 radical (unpaired) electrons. The van der Waals surface area contributed by atoms with E-state index in [0.29, 0.717) is 0 Å². The molecule has 0 N–H and O–H groups in total. The topological polar surface area (TPSA) is 40.6 Å². The number of benzene rings is 10. The smallest absolute Gasteiger partial charge is 0.195 e. The molecule has 0 aliphatic heterocycles. The van der Waals surface area contributed by atoms with Gasteiger partial charge in [0, 0.05) is 83.4 Å². The Hall–Kier alpha value is -7.46. The molecule has 12 aromatic rings. The van der Waals surface area contributed by atoms with Crippen molar-refractivity contribution in [3.8, 4) is 0 Å². The highest BCUT2D eigenvalue weighted by atomic mass is 79.9. The first kappa shape index (κ1) is 47.2. The van der Waals surface area contributed by atoms with Crippen LogP contribution in [0.1, 0.15) is 11.1 Å². The standard InChI is InChI=1S/C37H26N2OS.C13H6Br2OS.C13H12/c40-37-33-23-21-31(38(27-13-5-1-6-14-27)28-15-7-2-8-16-28)25-35(33)41-36-26-32(22-24-34(36)37)39(29-17-9-3-10-18-29)30-19-11-4-12-20-30;14-7-1-3-9-11(5-7)17-12-6-8(15)2-4-10(12)13(9)16;1-3-7-12(8-4-1)11-13-9-5-2-6-10-13/h1-26H;1-6H;1-10H,11H2. The normalized spacial score (nSPS) is 10.8. The molecule has 10 aromatic carbocycles. The summed E-state index contributed by atoms with van der Waals surface area (Å²) in [7, 11) is 0. The quantitative estimate of drug-likeness (QED) is 0.142. The van der Waals surface area contributed by atoms with E-state index in [2.05, 4.69) is 163 Å². The molecule has 344 valence electrons. The lowest BCUT2D eigenvalue weighted by Crippen LogP contribution is -2.11. The van der Waals surface area contributed by atoms with E-state index in [1.54, 1.807) is 22.7 Å². The van der Waals surface area contributed by atoms with Crippen molar-refractivity contribution in [2.45, 2.75) is 6.42 Å². The van der Waals surface area contributed by atoms with Crippen molar-refractivity contribution in [1.29, 1.82) is 0 Å². The highest BCUT2D eigenvalue weighted by Crippen LogP contribution is 2.40. The summed E-state index contributed by atoms with van der Waals surface area (Å²) >= 11 is 10.2. The monoisotopic (exact) mass is 1080 g/mol. The van der Waals surface area contributed by atoms with Gasteiger partial charge in [-0.05, 0) is 139 Å². The Morgan fingerprint density at radius 3 is 0.873 bits per heavy atom. The van der Waals surface area contributed by atoms with Gasteiger partial charge in [-0.1, -0.05) is 165 Å². The molecular formula is C63H44Br2N2O2S2. The number of fused-ring (bicyclic) bond motifs is 4. The number of anilines is 6. The zero-order chi connectivity index (χ0) is 48.5. The first-order valence-electron chi connectivity index (χ1n) is 23.1. The number of hydrogen-bond acceptors (Lipinski definition) is 6. The van der Waals surface area contributed by atoms with Gasteiger partial charge in [0.1, 0.15) is 0 Å². The average molecular weight is 1080 g/mol. The fourth-order valence-electron chi connectivity index (χ4n) is 8.54. The fourth-order valence-corrected chi connectivity index (χ4v) is 11.9. The van der Waals surface area contributed by atoms with Crippen LogP contribution >= 0.6 is 54.5 Å². The molecule has 0 bridgehead atoms. The number of halogens is 2. The van der Waals surface area contributed by atoms with Gasteiger partial charge in [-0.3, -0.25) is 9.59 Å². The van der Waals surface area contributed by atoms with Gasteiger partial charge in [-0.15, -0.1) is 22.7 Å². The van der Waals surface area contributed by atoms with Gasteiger partial charge in [-0.25, -0.2) is 0 Å². The lowest BCUT2D eigenvalue weighted by molar-refractivity contribution is 1.19. The second kappa shape index (κ2) is 22.1. The van der Waals surface area contributed by atoms with E-state index in [0.717, 1.165) is 89.8 Å². The molecule has 0 spiro atoms. The summed E-state index contributed by atoms with van der Waals surface area (Å²) < 4.78 is 5.93. The molecular weight excluding hydrogens is 1040 g/mol. The Morgan fingerprint density at radius 2 is 0.563 bits per heavy atom. The maximum absolute atomic E-state index is 13.7. The Bertz CT molecular complexity index is 3540. The third-order valence-corrected chi connectivity index (χ3v) is 15.1. The minimum absolute atomic E-state index is 0.0591. The lowest BCUT2D eigenvalue weighted by Gasteiger charge is -2.26. The molecule has 0 unspecified atom stereocenters. The highest BCUT2D eigenvalue weighted by molar-refractivity contribution is 9.10. The van der Waals surface area contributed by atoms with Crippen molar-refractivity contribution < 1.29 is 0 Å². The van der Waals surface area contributed by atoms with Crippen molar-refractivity contribution in [3.05, 3.63) is 295 Å². The van der Waals surface area contributed by atoms with Gasteiger partial charge >= 0.3 is 0 Å². The van der Waals surface area contributed by atoms with E-state index >= 15 is 0 Å². The van der Waals surface area contributed by atoms with Crippen LogP contribution < -0.4 is 20.7 Å². The molecule has 0 saturated carbocycles. The van der Waals surface area contributed by atoms with Crippen molar-refractivity contribution >= 4 is 129 Å². The summed E-state index contributed by atoms with van der Waals surface area (Å²) in [5.74, 6) is 0. The largest absolute Gasteiger partial charge is 0.310 e. The van der Waals surface area contributed by atoms with Crippen LogP contribution in [-0.4, -0.2) is 0 Å². The molecule has 71 heavy (non-hydrogen) atoms. The van der Waals surface area contributed by atoms with E-state index in [9.17, 15) is 9.59 Å². The van der Waals surface area contributed by atoms with Crippen LogP contribution in [0, 0.1) is 0 Å². The molecule has 0 aliphatic rings. The van der Waals surface area contributed by atoms with Crippen LogP contribution in [-0.2, 0) is 6.42 Å². The van der Waals surface area contributed by atoms with Crippen molar-refractivity contribution in [1.82, 2.24) is 0 Å². The Balaban J connectivity index is 0.000000157. The van der Waals surface area contributed by atoms with E-state index in [-0.39, 0.29) is 10.9 Å². The molecule has 0 amide bonds. The number of hydrogen-bond donors (Lipinski definition) is 0. The molecule has 2 aromatic heterocycles.